The molecule has 0 spiro atoms. The number of sulfonamides is 1. The van der Waals surface area contributed by atoms with Crippen LogP contribution in [0.1, 0.15) is 31.9 Å². The zero-order chi connectivity index (χ0) is 15.3. The summed E-state index contributed by atoms with van der Waals surface area (Å²) in [5, 5.41) is 6.80. The van der Waals surface area contributed by atoms with Crippen LogP contribution in [0.4, 0.5) is 5.69 Å². The van der Waals surface area contributed by atoms with Crippen LogP contribution in [0.15, 0.2) is 46.1 Å². The summed E-state index contributed by atoms with van der Waals surface area (Å²) in [6.45, 7) is 4.98. The van der Waals surface area contributed by atoms with E-state index in [1.54, 1.807) is 18.2 Å². The Balaban J connectivity index is 2.20. The van der Waals surface area contributed by atoms with Gasteiger partial charge in [-0.25, -0.2) is 8.42 Å². The van der Waals surface area contributed by atoms with Crippen LogP contribution in [0, 0.1) is 0 Å². The van der Waals surface area contributed by atoms with E-state index in [2.05, 4.69) is 26.6 Å². The molecule has 1 unspecified atom stereocenters. The first-order valence-electron chi connectivity index (χ1n) is 6.78. The van der Waals surface area contributed by atoms with Gasteiger partial charge in [0.05, 0.1) is 11.1 Å². The van der Waals surface area contributed by atoms with Gasteiger partial charge in [0.25, 0.3) is 10.0 Å². The van der Waals surface area contributed by atoms with E-state index in [1.807, 2.05) is 13.0 Å². The van der Waals surface area contributed by atoms with Crippen molar-refractivity contribution in [1.29, 1.82) is 0 Å². The zero-order valence-corrected chi connectivity index (χ0v) is 12.9. The Hall–Kier alpha value is -1.86. The van der Waals surface area contributed by atoms with E-state index < -0.39 is 10.0 Å². The third-order valence-corrected chi connectivity index (χ3v) is 4.43. The molecule has 2 aromatic rings. The van der Waals surface area contributed by atoms with Gasteiger partial charge in [-0.05, 0) is 37.6 Å². The Morgan fingerprint density at radius 1 is 1.38 bits per heavy atom. The highest BCUT2D eigenvalue weighted by molar-refractivity contribution is 7.92. The fourth-order valence-electron chi connectivity index (χ4n) is 1.90. The SMILES string of the molecule is CCCNC(C)c1cccc(S(=O)(=O)Nc2cnoc2)c1. The molecule has 21 heavy (non-hydrogen) atoms. The predicted molar refractivity (Wildman–Crippen MR) is 80.5 cm³/mol. The lowest BCUT2D eigenvalue weighted by Crippen LogP contribution is -2.20. The van der Waals surface area contributed by atoms with Gasteiger partial charge in [-0.15, -0.1) is 0 Å². The summed E-state index contributed by atoms with van der Waals surface area (Å²) in [6, 6.07) is 6.97. The Morgan fingerprint density at radius 2 is 2.19 bits per heavy atom. The van der Waals surface area contributed by atoms with Crippen molar-refractivity contribution >= 4 is 15.7 Å². The van der Waals surface area contributed by atoms with E-state index in [1.165, 1.54) is 12.5 Å². The van der Waals surface area contributed by atoms with Crippen molar-refractivity contribution in [3.63, 3.8) is 0 Å². The number of hydrogen-bond acceptors (Lipinski definition) is 5. The molecule has 1 heterocycles. The zero-order valence-electron chi connectivity index (χ0n) is 12.0. The van der Waals surface area contributed by atoms with Crippen molar-refractivity contribution in [2.75, 3.05) is 11.3 Å². The van der Waals surface area contributed by atoms with E-state index in [0.29, 0.717) is 5.69 Å². The van der Waals surface area contributed by atoms with Crippen LogP contribution in [-0.4, -0.2) is 20.1 Å². The molecule has 1 aromatic heterocycles. The van der Waals surface area contributed by atoms with Gasteiger partial charge in [0, 0.05) is 6.04 Å². The molecule has 0 aliphatic heterocycles. The minimum atomic E-state index is -3.64. The van der Waals surface area contributed by atoms with Crippen LogP contribution in [0.2, 0.25) is 0 Å². The molecule has 0 aliphatic rings. The second kappa shape index (κ2) is 6.73. The van der Waals surface area contributed by atoms with Gasteiger partial charge >= 0.3 is 0 Å². The number of nitrogens with one attached hydrogen (secondary N) is 2. The third kappa shape index (κ3) is 4.05. The number of hydrogen-bond donors (Lipinski definition) is 2. The molecule has 1 atom stereocenters. The molecule has 2 rings (SSSR count). The number of benzene rings is 1. The highest BCUT2D eigenvalue weighted by atomic mass is 32.2. The maximum Gasteiger partial charge on any atom is 0.262 e. The molecule has 7 heteroatoms. The highest BCUT2D eigenvalue weighted by Crippen LogP contribution is 2.20. The molecule has 0 fully saturated rings. The number of rotatable bonds is 7. The van der Waals surface area contributed by atoms with Crippen LogP contribution in [0.25, 0.3) is 0 Å². The largest absolute Gasteiger partial charge is 0.362 e. The smallest absolute Gasteiger partial charge is 0.262 e. The lowest BCUT2D eigenvalue weighted by molar-refractivity contribution is 0.420. The van der Waals surface area contributed by atoms with E-state index in [-0.39, 0.29) is 10.9 Å². The minimum Gasteiger partial charge on any atom is -0.362 e. The summed E-state index contributed by atoms with van der Waals surface area (Å²) >= 11 is 0. The summed E-state index contributed by atoms with van der Waals surface area (Å²) in [4.78, 5) is 0.214. The van der Waals surface area contributed by atoms with Crippen molar-refractivity contribution < 1.29 is 12.9 Å². The summed E-state index contributed by atoms with van der Waals surface area (Å²) in [5.74, 6) is 0. The lowest BCUT2D eigenvalue weighted by atomic mass is 10.1. The molecule has 6 nitrogen and oxygen atoms in total. The molecular formula is C14H19N3O3S. The van der Waals surface area contributed by atoms with E-state index in [9.17, 15) is 8.42 Å². The van der Waals surface area contributed by atoms with Gasteiger partial charge in [0.2, 0.25) is 0 Å². The molecule has 0 saturated carbocycles. The van der Waals surface area contributed by atoms with E-state index in [0.717, 1.165) is 18.5 Å². The minimum absolute atomic E-state index is 0.0932. The monoisotopic (exact) mass is 309 g/mol. The summed E-state index contributed by atoms with van der Waals surface area (Å²) < 4.78 is 31.6. The van der Waals surface area contributed by atoms with Gasteiger partial charge in [-0.1, -0.05) is 24.2 Å². The van der Waals surface area contributed by atoms with Crippen LogP contribution in [-0.2, 0) is 10.0 Å². The first kappa shape index (κ1) is 15.5. The molecule has 0 bridgehead atoms. The summed E-state index contributed by atoms with van der Waals surface area (Å²) in [5.41, 5.74) is 1.23. The van der Waals surface area contributed by atoms with Gasteiger partial charge in [-0.3, -0.25) is 4.72 Å². The van der Waals surface area contributed by atoms with Crippen LogP contribution >= 0.6 is 0 Å². The first-order valence-corrected chi connectivity index (χ1v) is 8.27. The Labute approximate surface area is 124 Å². The van der Waals surface area contributed by atoms with E-state index >= 15 is 0 Å². The third-order valence-electron chi connectivity index (χ3n) is 3.05. The summed E-state index contributed by atoms with van der Waals surface area (Å²) in [6.07, 6.45) is 3.58. The average Bonchev–Trinajstić information content (AvgIpc) is 2.97. The van der Waals surface area contributed by atoms with Crippen LogP contribution in [0.3, 0.4) is 0 Å². The predicted octanol–water partition coefficient (Wildman–Crippen LogP) is 2.54. The van der Waals surface area contributed by atoms with Gasteiger partial charge in [0.1, 0.15) is 12.0 Å². The molecule has 0 radical (unpaired) electrons. The molecule has 114 valence electrons. The van der Waals surface area contributed by atoms with Gasteiger partial charge in [0.15, 0.2) is 0 Å². The van der Waals surface area contributed by atoms with Crippen LogP contribution < -0.4 is 10.0 Å². The second-order valence-corrected chi connectivity index (χ2v) is 6.45. The van der Waals surface area contributed by atoms with Crippen molar-refractivity contribution in [1.82, 2.24) is 10.5 Å². The quantitative estimate of drug-likeness (QED) is 0.821. The Morgan fingerprint density at radius 3 is 2.86 bits per heavy atom. The molecule has 2 N–H and O–H groups in total. The molecule has 0 amide bonds. The normalized spacial score (nSPS) is 13.0. The van der Waals surface area contributed by atoms with Crippen molar-refractivity contribution in [3.05, 3.63) is 42.3 Å². The van der Waals surface area contributed by atoms with Gasteiger partial charge < -0.3 is 9.84 Å². The standard InChI is InChI=1S/C14H19N3O3S/c1-3-7-15-11(2)12-5-4-6-14(8-12)21(18,19)17-13-9-16-20-10-13/h4-6,8-11,15,17H,3,7H2,1-2H3. The molecule has 0 aliphatic carbocycles. The second-order valence-electron chi connectivity index (χ2n) is 4.77. The fraction of sp³-hybridized carbons (Fsp3) is 0.357. The van der Waals surface area contributed by atoms with Gasteiger partial charge in [-0.2, -0.15) is 0 Å². The first-order chi connectivity index (χ1) is 10.0. The number of anilines is 1. The van der Waals surface area contributed by atoms with Crippen LogP contribution in [0.5, 0.6) is 0 Å². The summed E-state index contributed by atoms with van der Waals surface area (Å²) in [7, 11) is -3.64. The maximum absolute atomic E-state index is 12.3. The fourth-order valence-corrected chi connectivity index (χ4v) is 2.98. The van der Waals surface area contributed by atoms with Crippen molar-refractivity contribution in [2.24, 2.45) is 0 Å². The number of aromatic nitrogens is 1. The van der Waals surface area contributed by atoms with Crippen molar-refractivity contribution in [2.45, 2.75) is 31.2 Å². The Kier molecular flexibility index (Phi) is 4.98. The number of nitrogens with zero attached hydrogens (tertiary/aromatic N) is 1. The van der Waals surface area contributed by atoms with E-state index in [4.69, 9.17) is 0 Å². The lowest BCUT2D eigenvalue weighted by Gasteiger charge is -2.15. The molecule has 1 aromatic carbocycles. The highest BCUT2D eigenvalue weighted by Gasteiger charge is 2.16. The maximum atomic E-state index is 12.3. The molecular weight excluding hydrogens is 290 g/mol. The topological polar surface area (TPSA) is 84.2 Å². The Bertz CT molecular complexity index is 669. The molecule has 0 saturated heterocycles. The van der Waals surface area contributed by atoms with Crippen molar-refractivity contribution in [3.8, 4) is 0 Å². The average molecular weight is 309 g/mol.